The first-order valence-electron chi connectivity index (χ1n) is 10.5. The summed E-state index contributed by atoms with van der Waals surface area (Å²) in [4.78, 5) is 17.4. The molecule has 0 unspecified atom stereocenters. The maximum atomic E-state index is 12.6. The van der Waals surface area contributed by atoms with Gasteiger partial charge in [0.25, 0.3) is 5.91 Å². The van der Waals surface area contributed by atoms with Crippen molar-refractivity contribution in [2.24, 2.45) is 0 Å². The first-order chi connectivity index (χ1) is 15.7. The van der Waals surface area contributed by atoms with Gasteiger partial charge in [0.15, 0.2) is 0 Å². The van der Waals surface area contributed by atoms with E-state index >= 15 is 0 Å². The van der Waals surface area contributed by atoms with Crippen molar-refractivity contribution in [1.29, 1.82) is 0 Å². The predicted molar refractivity (Wildman–Crippen MR) is 136 cm³/mol. The summed E-state index contributed by atoms with van der Waals surface area (Å²) in [6.07, 6.45) is 0. The maximum Gasteiger partial charge on any atom is 0.251 e. The molecule has 1 heterocycles. The smallest absolute Gasteiger partial charge is 0.251 e. The minimum atomic E-state index is -0.0480. The fraction of sp³-hybridized carbons (Fsp3) is 0.0741. The van der Waals surface area contributed by atoms with Gasteiger partial charge in [-0.1, -0.05) is 72.3 Å². The molecule has 0 atom stereocenters. The summed E-state index contributed by atoms with van der Waals surface area (Å²) < 4.78 is 0. The number of carbonyl (C=O) groups is 1. The van der Waals surface area contributed by atoms with Gasteiger partial charge in [0.05, 0.1) is 5.69 Å². The van der Waals surface area contributed by atoms with E-state index in [4.69, 9.17) is 11.6 Å². The lowest BCUT2D eigenvalue weighted by Gasteiger charge is -2.08. The number of nitrogens with one attached hydrogen (secondary N) is 2. The molecular formula is C27H21ClN2OS. The fourth-order valence-electron chi connectivity index (χ4n) is 3.84. The minimum Gasteiger partial charge on any atom is -0.354 e. The Balaban J connectivity index is 1.30. The van der Waals surface area contributed by atoms with Gasteiger partial charge < -0.3 is 10.3 Å². The molecule has 0 bridgehead atoms. The number of benzene rings is 4. The number of aromatic amines is 1. The first kappa shape index (κ1) is 20.7. The number of aromatic nitrogens is 1. The molecule has 1 aromatic heterocycles. The Bertz CT molecular complexity index is 1410. The number of halogens is 1. The first-order valence-corrected chi connectivity index (χ1v) is 11.8. The van der Waals surface area contributed by atoms with Crippen LogP contribution in [0, 0.1) is 0 Å². The van der Waals surface area contributed by atoms with Crippen LogP contribution in [0.3, 0.4) is 0 Å². The fourth-order valence-corrected chi connectivity index (χ4v) is 5.02. The van der Waals surface area contributed by atoms with Crippen molar-refractivity contribution < 1.29 is 4.79 Å². The standard InChI is InChI=1S/C27H21ClN2OS/c28-22-13-11-19(12-14-22)25-26(23-7-3-4-8-24(23)30-25)32-16-15-29-27(31)21-10-9-18-5-1-2-6-20(18)17-21/h1-14,17,30H,15-16H2,(H,29,31). The number of thioether (sulfide) groups is 1. The van der Waals surface area contributed by atoms with Crippen molar-refractivity contribution in [3.8, 4) is 11.3 Å². The van der Waals surface area contributed by atoms with E-state index in [0.717, 1.165) is 38.3 Å². The highest BCUT2D eigenvalue weighted by Gasteiger charge is 2.14. The second kappa shape index (κ2) is 9.11. The molecular weight excluding hydrogens is 436 g/mol. The summed E-state index contributed by atoms with van der Waals surface area (Å²) in [7, 11) is 0. The van der Waals surface area contributed by atoms with Gasteiger partial charge in [-0.3, -0.25) is 4.79 Å². The maximum absolute atomic E-state index is 12.6. The summed E-state index contributed by atoms with van der Waals surface area (Å²) in [5, 5.41) is 7.16. The predicted octanol–water partition coefficient (Wildman–Crippen LogP) is 7.16. The Hall–Kier alpha value is -3.21. The van der Waals surface area contributed by atoms with Gasteiger partial charge in [0.2, 0.25) is 0 Å². The lowest BCUT2D eigenvalue weighted by Crippen LogP contribution is -2.25. The molecule has 0 aliphatic rings. The van der Waals surface area contributed by atoms with E-state index in [1.807, 2.05) is 78.9 Å². The number of amides is 1. The van der Waals surface area contributed by atoms with Crippen molar-refractivity contribution in [2.45, 2.75) is 4.90 Å². The molecule has 5 heteroatoms. The summed E-state index contributed by atoms with van der Waals surface area (Å²) in [5.74, 6) is 0.718. The third-order valence-electron chi connectivity index (χ3n) is 5.44. The largest absolute Gasteiger partial charge is 0.354 e. The minimum absolute atomic E-state index is 0.0480. The van der Waals surface area contributed by atoms with E-state index in [2.05, 4.69) is 22.4 Å². The molecule has 158 valence electrons. The van der Waals surface area contributed by atoms with E-state index in [1.165, 1.54) is 10.3 Å². The Labute approximate surface area is 195 Å². The van der Waals surface area contributed by atoms with E-state index in [-0.39, 0.29) is 5.91 Å². The van der Waals surface area contributed by atoms with Gasteiger partial charge in [-0.25, -0.2) is 0 Å². The van der Waals surface area contributed by atoms with Crippen molar-refractivity contribution >= 4 is 50.9 Å². The van der Waals surface area contributed by atoms with Crippen molar-refractivity contribution in [2.75, 3.05) is 12.3 Å². The Morgan fingerprint density at radius 2 is 1.62 bits per heavy atom. The van der Waals surface area contributed by atoms with Crippen LogP contribution in [0.5, 0.6) is 0 Å². The number of hydrogen-bond donors (Lipinski definition) is 2. The summed E-state index contributed by atoms with van der Waals surface area (Å²) in [5.41, 5.74) is 3.95. The molecule has 3 nitrogen and oxygen atoms in total. The van der Waals surface area contributed by atoms with Crippen LogP contribution >= 0.6 is 23.4 Å². The zero-order chi connectivity index (χ0) is 21.9. The van der Waals surface area contributed by atoms with Crippen LogP contribution in [-0.2, 0) is 0 Å². The highest BCUT2D eigenvalue weighted by atomic mass is 35.5. The molecule has 0 aliphatic heterocycles. The summed E-state index contributed by atoms with van der Waals surface area (Å²) in [6.45, 7) is 0.579. The van der Waals surface area contributed by atoms with Crippen molar-refractivity contribution in [3.05, 3.63) is 102 Å². The van der Waals surface area contributed by atoms with Gasteiger partial charge in [-0.15, -0.1) is 11.8 Å². The highest BCUT2D eigenvalue weighted by molar-refractivity contribution is 7.99. The van der Waals surface area contributed by atoms with Crippen LogP contribution in [0.25, 0.3) is 32.9 Å². The molecule has 0 aliphatic carbocycles. The summed E-state index contributed by atoms with van der Waals surface area (Å²) in [6, 6.07) is 30.0. The lowest BCUT2D eigenvalue weighted by molar-refractivity contribution is 0.0956. The molecule has 0 radical (unpaired) electrons. The number of fused-ring (bicyclic) bond motifs is 2. The molecule has 1 amide bonds. The van der Waals surface area contributed by atoms with Gasteiger partial charge >= 0.3 is 0 Å². The molecule has 0 fully saturated rings. The molecule has 2 N–H and O–H groups in total. The average Bonchev–Trinajstić information content (AvgIpc) is 3.20. The van der Waals surface area contributed by atoms with E-state index < -0.39 is 0 Å². The number of hydrogen-bond acceptors (Lipinski definition) is 2. The Morgan fingerprint density at radius 1 is 0.875 bits per heavy atom. The normalized spacial score (nSPS) is 11.2. The van der Waals surface area contributed by atoms with Gasteiger partial charge in [-0.2, -0.15) is 0 Å². The van der Waals surface area contributed by atoms with Gasteiger partial charge in [0.1, 0.15) is 0 Å². The Morgan fingerprint density at radius 3 is 2.47 bits per heavy atom. The lowest BCUT2D eigenvalue weighted by atomic mass is 10.1. The zero-order valence-electron chi connectivity index (χ0n) is 17.3. The van der Waals surface area contributed by atoms with Crippen LogP contribution in [-0.4, -0.2) is 23.2 Å². The SMILES string of the molecule is O=C(NCCSc1c(-c2ccc(Cl)cc2)[nH]c2ccccc12)c1ccc2ccccc2c1. The van der Waals surface area contributed by atoms with E-state index in [1.54, 1.807) is 11.8 Å². The van der Waals surface area contributed by atoms with Crippen LogP contribution in [0.15, 0.2) is 95.9 Å². The van der Waals surface area contributed by atoms with Crippen LogP contribution in [0.2, 0.25) is 5.02 Å². The third kappa shape index (κ3) is 4.24. The monoisotopic (exact) mass is 456 g/mol. The van der Waals surface area contributed by atoms with Crippen LogP contribution in [0.1, 0.15) is 10.4 Å². The molecule has 0 saturated carbocycles. The summed E-state index contributed by atoms with van der Waals surface area (Å²) >= 11 is 7.82. The molecule has 32 heavy (non-hydrogen) atoms. The highest BCUT2D eigenvalue weighted by Crippen LogP contribution is 2.37. The average molecular weight is 457 g/mol. The van der Waals surface area contributed by atoms with Crippen molar-refractivity contribution in [3.63, 3.8) is 0 Å². The topological polar surface area (TPSA) is 44.9 Å². The number of carbonyl (C=O) groups excluding carboxylic acids is 1. The van der Waals surface area contributed by atoms with Crippen LogP contribution in [0.4, 0.5) is 0 Å². The number of para-hydroxylation sites is 1. The van der Waals surface area contributed by atoms with E-state index in [0.29, 0.717) is 12.1 Å². The van der Waals surface area contributed by atoms with Crippen molar-refractivity contribution in [1.82, 2.24) is 10.3 Å². The number of H-pyrrole nitrogens is 1. The van der Waals surface area contributed by atoms with Crippen LogP contribution < -0.4 is 5.32 Å². The molecule has 5 rings (SSSR count). The quantitative estimate of drug-likeness (QED) is 0.210. The number of rotatable bonds is 6. The molecule has 0 spiro atoms. The molecule has 4 aromatic carbocycles. The third-order valence-corrected chi connectivity index (χ3v) is 6.81. The Kier molecular flexibility index (Phi) is 5.89. The van der Waals surface area contributed by atoms with Gasteiger partial charge in [0, 0.05) is 38.7 Å². The molecule has 0 saturated heterocycles. The second-order valence-electron chi connectivity index (χ2n) is 7.55. The second-order valence-corrected chi connectivity index (χ2v) is 9.09. The van der Waals surface area contributed by atoms with Gasteiger partial charge in [-0.05, 0) is 46.7 Å². The van der Waals surface area contributed by atoms with E-state index in [9.17, 15) is 4.79 Å². The molecule has 5 aromatic rings. The zero-order valence-corrected chi connectivity index (χ0v) is 18.8.